The van der Waals surface area contributed by atoms with Crippen molar-refractivity contribution in [2.75, 3.05) is 6.61 Å². The minimum Gasteiger partial charge on any atom is -0.395 e. The molecule has 0 aliphatic carbocycles. The Kier molecular flexibility index (Phi) is 3.24. The first-order valence-corrected chi connectivity index (χ1v) is 5.45. The summed E-state index contributed by atoms with van der Waals surface area (Å²) in [5.74, 6) is 0. The number of hydrogen-bond acceptors (Lipinski definition) is 2. The van der Waals surface area contributed by atoms with Crippen LogP contribution in [0.5, 0.6) is 0 Å². The molecule has 0 spiro atoms. The highest BCUT2D eigenvalue weighted by atomic mass is 28.3. The lowest BCUT2D eigenvalue weighted by Gasteiger charge is -2.07. The molecule has 0 saturated heterocycles. The van der Waals surface area contributed by atoms with E-state index in [0.29, 0.717) is 0 Å². The van der Waals surface area contributed by atoms with E-state index in [1.165, 1.54) is 0 Å². The van der Waals surface area contributed by atoms with E-state index in [2.05, 4.69) is 0 Å². The second-order valence-corrected chi connectivity index (χ2v) is 5.25. The van der Waals surface area contributed by atoms with E-state index >= 15 is 0 Å². The molecule has 0 aromatic heterocycles. The maximum atomic E-state index is 8.75. The number of hydrogen-bond donors (Lipinski definition) is 2. The Bertz CT molecular complexity index is 47.0. The van der Waals surface area contributed by atoms with Gasteiger partial charge >= 0.3 is 0 Å². The molecule has 2 N–H and O–H groups in total. The van der Waals surface area contributed by atoms with Gasteiger partial charge in [-0.25, -0.2) is 0 Å². The lowest BCUT2D eigenvalue weighted by molar-refractivity contribution is 0.150. The molecule has 0 amide bonds. The van der Waals surface area contributed by atoms with Crippen LogP contribution in [0.1, 0.15) is 0 Å². The van der Waals surface area contributed by atoms with Crippen LogP contribution in [0.25, 0.3) is 0 Å². The maximum absolute atomic E-state index is 8.75. The average molecular weight is 120 g/mol. The van der Waals surface area contributed by atoms with Crippen LogP contribution in [0.15, 0.2) is 0 Å². The fourth-order valence-electron chi connectivity index (χ4n) is 0.211. The van der Waals surface area contributed by atoms with Crippen LogP contribution in [-0.4, -0.2) is 31.3 Å². The first-order chi connectivity index (χ1) is 3.18. The summed E-state index contributed by atoms with van der Waals surface area (Å²) in [6.07, 6.45) is 0. The van der Waals surface area contributed by atoms with Crippen molar-refractivity contribution in [3.05, 3.63) is 0 Å². The van der Waals surface area contributed by atoms with Gasteiger partial charge in [-0.2, -0.15) is 0 Å². The molecule has 0 heterocycles. The Labute approximate surface area is 45.4 Å². The van der Waals surface area contributed by atoms with Gasteiger partial charge in [0.15, 0.2) is 0 Å². The first-order valence-electron chi connectivity index (χ1n) is 2.47. The zero-order chi connectivity index (χ0) is 5.86. The summed E-state index contributed by atoms with van der Waals surface area (Å²) in [5, 5.41) is 17.0. The molecule has 7 heavy (non-hydrogen) atoms. The summed E-state index contributed by atoms with van der Waals surface area (Å²) >= 11 is 0. The molecule has 0 aromatic rings. The fraction of sp³-hybridized carbons (Fsp3) is 1.00. The van der Waals surface area contributed by atoms with Gasteiger partial charge in [-0.1, -0.05) is 13.1 Å². The minimum atomic E-state index is -0.959. The van der Waals surface area contributed by atoms with Crippen molar-refractivity contribution in [2.24, 2.45) is 0 Å². The quantitative estimate of drug-likeness (QED) is 0.476. The van der Waals surface area contributed by atoms with E-state index in [9.17, 15) is 0 Å². The van der Waals surface area contributed by atoms with Gasteiger partial charge in [0.25, 0.3) is 0 Å². The van der Waals surface area contributed by atoms with Crippen molar-refractivity contribution in [2.45, 2.75) is 18.8 Å². The van der Waals surface area contributed by atoms with Crippen LogP contribution >= 0.6 is 0 Å². The Hall–Kier alpha value is 0.137. The van der Waals surface area contributed by atoms with Gasteiger partial charge in [0, 0.05) is 0 Å². The topological polar surface area (TPSA) is 40.5 Å². The average Bonchev–Trinajstić information content (AvgIpc) is 1.65. The monoisotopic (exact) mass is 120 g/mol. The van der Waals surface area contributed by atoms with Crippen molar-refractivity contribution in [1.82, 2.24) is 0 Å². The smallest absolute Gasteiger partial charge is 0.0682 e. The summed E-state index contributed by atoms with van der Waals surface area (Å²) in [7, 11) is -0.959. The molecule has 0 aliphatic rings. The lowest BCUT2D eigenvalue weighted by atomic mass is 10.8. The summed E-state index contributed by atoms with van der Waals surface area (Å²) < 4.78 is 0. The summed E-state index contributed by atoms with van der Waals surface area (Å²) in [4.78, 5) is 0. The highest BCUT2D eigenvalue weighted by Gasteiger charge is 2.06. The highest BCUT2D eigenvalue weighted by molar-refractivity contribution is 6.57. The molecule has 0 saturated carbocycles. The summed E-state index contributed by atoms with van der Waals surface area (Å²) in [6, 6.07) is 0. The van der Waals surface area contributed by atoms with E-state index < -0.39 is 14.5 Å². The Morgan fingerprint density at radius 1 is 1.57 bits per heavy atom. The third-order valence-corrected chi connectivity index (χ3v) is 2.71. The van der Waals surface area contributed by atoms with E-state index in [0.717, 1.165) is 0 Å². The van der Waals surface area contributed by atoms with Crippen LogP contribution in [0.4, 0.5) is 0 Å². The standard InChI is InChI=1S/C4H12O2Si/c1-7(2)4(6)3-5/h4-7H,3H2,1-2H3. The van der Waals surface area contributed by atoms with Crippen molar-refractivity contribution in [3.8, 4) is 0 Å². The van der Waals surface area contributed by atoms with Gasteiger partial charge in [-0.05, 0) is 0 Å². The predicted molar refractivity (Wildman–Crippen MR) is 32.0 cm³/mol. The zero-order valence-corrected chi connectivity index (χ0v) is 5.91. The Morgan fingerprint density at radius 2 is 2.00 bits per heavy atom. The van der Waals surface area contributed by atoms with E-state index in [-0.39, 0.29) is 6.61 Å². The van der Waals surface area contributed by atoms with Gasteiger partial charge in [-0.3, -0.25) is 0 Å². The van der Waals surface area contributed by atoms with E-state index in [4.69, 9.17) is 10.2 Å². The van der Waals surface area contributed by atoms with Crippen molar-refractivity contribution < 1.29 is 10.2 Å². The van der Waals surface area contributed by atoms with Gasteiger partial charge in [0.1, 0.15) is 0 Å². The third-order valence-electron chi connectivity index (χ3n) is 0.957. The Balaban J connectivity index is 3.14. The predicted octanol–water partition coefficient (Wildman–Crippen LogP) is -0.635. The molecule has 3 heteroatoms. The largest absolute Gasteiger partial charge is 0.395 e. The molecule has 0 fully saturated rings. The molecule has 44 valence electrons. The van der Waals surface area contributed by atoms with Gasteiger partial charge < -0.3 is 10.2 Å². The van der Waals surface area contributed by atoms with Crippen molar-refractivity contribution >= 4 is 8.80 Å². The molecule has 1 unspecified atom stereocenters. The fourth-order valence-corrected chi connectivity index (χ4v) is 0.632. The van der Waals surface area contributed by atoms with Crippen LogP contribution in [0.2, 0.25) is 13.1 Å². The molecule has 0 bridgehead atoms. The van der Waals surface area contributed by atoms with E-state index in [1.54, 1.807) is 0 Å². The minimum absolute atomic E-state index is 0.0656. The van der Waals surface area contributed by atoms with Crippen molar-refractivity contribution in [1.29, 1.82) is 0 Å². The van der Waals surface area contributed by atoms with Crippen LogP contribution in [-0.2, 0) is 0 Å². The molecule has 1 atom stereocenters. The zero-order valence-electron chi connectivity index (χ0n) is 4.76. The van der Waals surface area contributed by atoms with Crippen LogP contribution in [0.3, 0.4) is 0 Å². The third kappa shape index (κ3) is 2.79. The Morgan fingerprint density at radius 3 is 2.00 bits per heavy atom. The SMILES string of the molecule is C[SiH](C)C(O)CO. The second-order valence-electron chi connectivity index (χ2n) is 1.99. The molecule has 0 radical (unpaired) electrons. The highest BCUT2D eigenvalue weighted by Crippen LogP contribution is 1.86. The number of aliphatic hydroxyl groups is 2. The molecule has 0 aromatic carbocycles. The van der Waals surface area contributed by atoms with E-state index in [1.807, 2.05) is 13.1 Å². The summed E-state index contributed by atoms with van der Waals surface area (Å²) in [6.45, 7) is 3.94. The normalized spacial score (nSPS) is 15.0. The molecular formula is C4H12O2Si. The molecule has 2 nitrogen and oxygen atoms in total. The van der Waals surface area contributed by atoms with Gasteiger partial charge in [0.05, 0.1) is 21.1 Å². The number of aliphatic hydroxyl groups excluding tert-OH is 2. The van der Waals surface area contributed by atoms with Gasteiger partial charge in [-0.15, -0.1) is 0 Å². The number of rotatable bonds is 2. The van der Waals surface area contributed by atoms with Gasteiger partial charge in [0.2, 0.25) is 0 Å². The lowest BCUT2D eigenvalue weighted by Crippen LogP contribution is -2.27. The molecular weight excluding hydrogens is 108 g/mol. The van der Waals surface area contributed by atoms with Crippen molar-refractivity contribution in [3.63, 3.8) is 0 Å². The first kappa shape index (κ1) is 7.14. The second kappa shape index (κ2) is 3.18. The van der Waals surface area contributed by atoms with Crippen LogP contribution in [0, 0.1) is 0 Å². The summed E-state index contributed by atoms with van der Waals surface area (Å²) in [5.41, 5.74) is -0.403. The molecule has 0 aliphatic heterocycles. The van der Waals surface area contributed by atoms with Crippen LogP contribution < -0.4 is 0 Å². The maximum Gasteiger partial charge on any atom is 0.0682 e. The molecule has 0 rings (SSSR count).